The lowest BCUT2D eigenvalue weighted by atomic mass is 10.0. The third kappa shape index (κ3) is 7.50. The molecule has 0 atom stereocenters. The van der Waals surface area contributed by atoms with Gasteiger partial charge in [0.15, 0.2) is 0 Å². The van der Waals surface area contributed by atoms with E-state index in [1.807, 2.05) is 0 Å². The van der Waals surface area contributed by atoms with Crippen LogP contribution < -0.4 is 5.73 Å². The minimum absolute atomic E-state index is 0.186. The maximum Gasteiger partial charge on any atom is 0.150 e. The lowest BCUT2D eigenvalue weighted by molar-refractivity contribution is -0.891. The maximum absolute atomic E-state index is 11.0. The number of quaternary nitrogens is 1. The minimum Gasteiger partial charge on any atom is -0.382 e. The number of benzene rings is 1. The monoisotopic (exact) mass is 468 g/mol. The van der Waals surface area contributed by atoms with E-state index in [0.29, 0.717) is 25.5 Å². The highest BCUT2D eigenvalue weighted by Crippen LogP contribution is 2.28. The maximum atomic E-state index is 11.0. The number of fused-ring (bicyclic) bond motifs is 3. The van der Waals surface area contributed by atoms with Gasteiger partial charge in [-0.2, -0.15) is 0 Å². The molecular weight excluding hydrogens is 426 g/mol. The summed E-state index contributed by atoms with van der Waals surface area (Å²) in [5, 5.41) is 1.09. The molecule has 0 amide bonds. The average molecular weight is 469 g/mol. The second-order valence-corrected chi connectivity index (χ2v) is 10.1. The highest BCUT2D eigenvalue weighted by Gasteiger charge is 2.15. The van der Waals surface area contributed by atoms with Crippen molar-refractivity contribution in [3.63, 3.8) is 0 Å². The van der Waals surface area contributed by atoms with Gasteiger partial charge in [0.25, 0.3) is 0 Å². The molecule has 0 fully saturated rings. The number of aryl methyl sites for hydroxylation is 2. The van der Waals surface area contributed by atoms with Crippen molar-refractivity contribution < 1.29 is 14.0 Å². The second-order valence-electron chi connectivity index (χ2n) is 10.1. The number of nitrogens with two attached hydrogens (primary N) is 1. The number of rotatable bonds is 15. The van der Waals surface area contributed by atoms with Gasteiger partial charge in [-0.3, -0.25) is 4.79 Å². The van der Waals surface area contributed by atoms with E-state index in [4.69, 9.17) is 15.5 Å². The Morgan fingerprint density at radius 1 is 1.06 bits per heavy atom. The van der Waals surface area contributed by atoms with Crippen LogP contribution in [0.2, 0.25) is 0 Å². The van der Waals surface area contributed by atoms with E-state index >= 15 is 0 Å². The molecule has 3 aromatic rings. The first-order chi connectivity index (χ1) is 16.3. The Balaban J connectivity index is 1.50. The van der Waals surface area contributed by atoms with Crippen molar-refractivity contribution in [1.29, 1.82) is 0 Å². The number of hydrogen-bond donors (Lipinski definition) is 2. The summed E-state index contributed by atoms with van der Waals surface area (Å²) in [6.07, 6.45) is 8.30. The molecule has 7 heteroatoms. The third-order valence-corrected chi connectivity index (χ3v) is 6.50. The molecule has 0 aliphatic rings. The average Bonchev–Trinajstić information content (AvgIpc) is 3.22. The Hall–Kier alpha value is -2.51. The second kappa shape index (κ2) is 12.3. The molecular formula is C27H42N5O2+. The molecule has 2 heterocycles. The van der Waals surface area contributed by atoms with Crippen LogP contribution >= 0.6 is 0 Å². The summed E-state index contributed by atoms with van der Waals surface area (Å²) >= 11 is 0. The number of pyridine rings is 1. The fourth-order valence-corrected chi connectivity index (χ4v) is 4.26. The predicted molar refractivity (Wildman–Crippen MR) is 140 cm³/mol. The molecule has 0 aliphatic carbocycles. The first-order valence-corrected chi connectivity index (χ1v) is 12.7. The van der Waals surface area contributed by atoms with E-state index in [2.05, 4.69) is 49.2 Å². The van der Waals surface area contributed by atoms with E-state index in [1.54, 1.807) is 6.92 Å². The van der Waals surface area contributed by atoms with Gasteiger partial charge in [-0.1, -0.05) is 19.4 Å². The highest BCUT2D eigenvalue weighted by molar-refractivity contribution is 6.06. The summed E-state index contributed by atoms with van der Waals surface area (Å²) in [5.41, 5.74) is 10.2. The van der Waals surface area contributed by atoms with Crippen LogP contribution in [0.3, 0.4) is 0 Å². The van der Waals surface area contributed by atoms with E-state index in [-0.39, 0.29) is 5.78 Å². The zero-order chi connectivity index (χ0) is 24.6. The van der Waals surface area contributed by atoms with Crippen molar-refractivity contribution in [3.05, 3.63) is 29.6 Å². The molecule has 0 aliphatic heterocycles. The van der Waals surface area contributed by atoms with Crippen molar-refractivity contribution in [2.75, 3.05) is 46.1 Å². The molecule has 3 rings (SSSR count). The molecule has 3 N–H and O–H groups in total. The van der Waals surface area contributed by atoms with Crippen molar-refractivity contribution in [2.45, 2.75) is 65.2 Å². The number of H-pyrrole nitrogens is 1. The number of ether oxygens (including phenoxy) is 1. The lowest BCUT2D eigenvalue weighted by Crippen LogP contribution is -2.43. The van der Waals surface area contributed by atoms with Gasteiger partial charge in [-0.15, -0.1) is 0 Å². The first kappa shape index (κ1) is 26.1. The van der Waals surface area contributed by atoms with Crippen LogP contribution in [-0.2, 0) is 22.4 Å². The lowest BCUT2D eigenvalue weighted by Gasteiger charge is -2.29. The Labute approximate surface area is 203 Å². The highest BCUT2D eigenvalue weighted by atomic mass is 16.5. The number of aromatic nitrogens is 3. The molecule has 0 unspecified atom stereocenters. The quantitative estimate of drug-likeness (QED) is 0.246. The first-order valence-electron chi connectivity index (χ1n) is 12.7. The van der Waals surface area contributed by atoms with Gasteiger partial charge >= 0.3 is 0 Å². The van der Waals surface area contributed by atoms with Crippen molar-refractivity contribution in [1.82, 2.24) is 15.0 Å². The summed E-state index contributed by atoms with van der Waals surface area (Å²) in [7, 11) is 4.50. The number of carbonyl (C=O) groups is 1. The normalized spacial score (nSPS) is 12.1. The van der Waals surface area contributed by atoms with Gasteiger partial charge in [-0.05, 0) is 56.7 Å². The topological polar surface area (TPSA) is 93.9 Å². The molecule has 0 bridgehead atoms. The number of nitrogen functional groups attached to an aromatic ring is 1. The number of likely N-dealkylation sites (N-methyl/N-ethyl adjacent to an activating group) is 1. The standard InChI is InChI=1S/C27H42N5O2/c1-5-6-11-24-30-25-22-19-21(12-13-23(22)29-27(28)26(25)31-24)10-8-7-9-15-32(3,4)16-18-34-17-14-20(2)33/h12-13,19H,5-11,14-18H2,1-4H3,(H2,28,29)(H,30,31)/q+1. The molecule has 0 saturated carbocycles. The summed E-state index contributed by atoms with van der Waals surface area (Å²) in [5.74, 6) is 1.70. The number of imidazole rings is 1. The van der Waals surface area contributed by atoms with Gasteiger partial charge < -0.3 is 19.9 Å². The molecule has 7 nitrogen and oxygen atoms in total. The molecule has 0 spiro atoms. The fourth-order valence-electron chi connectivity index (χ4n) is 4.26. The fraction of sp³-hybridized carbons (Fsp3) is 0.593. The Bertz CT molecular complexity index is 1090. The van der Waals surface area contributed by atoms with Gasteiger partial charge in [-0.25, -0.2) is 9.97 Å². The summed E-state index contributed by atoms with van der Waals surface area (Å²) in [6, 6.07) is 6.49. The van der Waals surface area contributed by atoms with E-state index in [0.717, 1.165) is 77.4 Å². The Morgan fingerprint density at radius 2 is 1.88 bits per heavy atom. The summed E-state index contributed by atoms with van der Waals surface area (Å²) < 4.78 is 6.55. The van der Waals surface area contributed by atoms with E-state index in [9.17, 15) is 4.79 Å². The zero-order valence-corrected chi connectivity index (χ0v) is 21.5. The van der Waals surface area contributed by atoms with Crippen LogP contribution in [0, 0.1) is 0 Å². The number of nitrogens with one attached hydrogen (secondary N) is 1. The summed E-state index contributed by atoms with van der Waals surface area (Å²) in [4.78, 5) is 23.8. The SMILES string of the molecule is CCCCc1nc2c([nH]1)c(N)nc1ccc(CCCCC[N+](C)(C)CCOCCC(C)=O)cc12. The van der Waals surface area contributed by atoms with Gasteiger partial charge in [0.1, 0.15) is 35.0 Å². The number of ketones is 1. The molecule has 0 radical (unpaired) electrons. The van der Waals surface area contributed by atoms with Crippen LogP contribution in [0.1, 0.15) is 63.8 Å². The molecule has 186 valence electrons. The van der Waals surface area contributed by atoms with Crippen LogP contribution in [0.15, 0.2) is 18.2 Å². The minimum atomic E-state index is 0.186. The number of anilines is 1. The molecule has 34 heavy (non-hydrogen) atoms. The van der Waals surface area contributed by atoms with Crippen LogP contribution in [0.25, 0.3) is 21.9 Å². The number of carbonyl (C=O) groups excluding carboxylic acids is 1. The molecule has 1 aromatic carbocycles. The van der Waals surface area contributed by atoms with Crippen molar-refractivity contribution >= 4 is 33.5 Å². The number of hydrogen-bond acceptors (Lipinski definition) is 5. The predicted octanol–water partition coefficient (Wildman–Crippen LogP) is 4.82. The van der Waals surface area contributed by atoms with Crippen molar-refractivity contribution in [2.24, 2.45) is 0 Å². The third-order valence-electron chi connectivity index (χ3n) is 6.50. The molecule has 2 aromatic heterocycles. The van der Waals surface area contributed by atoms with Gasteiger partial charge in [0, 0.05) is 18.2 Å². The number of unbranched alkanes of at least 4 members (excludes halogenated alkanes) is 3. The summed E-state index contributed by atoms with van der Waals surface area (Å²) in [6.45, 7) is 7.14. The number of Topliss-reactive ketones (excluding diaryl/α,β-unsaturated/α-hetero) is 1. The number of nitrogens with zero attached hydrogens (tertiary/aromatic N) is 3. The van der Waals surface area contributed by atoms with Crippen LogP contribution in [0.5, 0.6) is 0 Å². The van der Waals surface area contributed by atoms with Gasteiger partial charge in [0.2, 0.25) is 0 Å². The molecule has 0 saturated heterocycles. The largest absolute Gasteiger partial charge is 0.382 e. The van der Waals surface area contributed by atoms with Crippen LogP contribution in [0.4, 0.5) is 5.82 Å². The van der Waals surface area contributed by atoms with Crippen LogP contribution in [-0.4, -0.2) is 65.6 Å². The zero-order valence-electron chi connectivity index (χ0n) is 21.5. The van der Waals surface area contributed by atoms with Gasteiger partial charge in [0.05, 0.1) is 39.4 Å². The Morgan fingerprint density at radius 3 is 2.65 bits per heavy atom. The van der Waals surface area contributed by atoms with Crippen molar-refractivity contribution in [3.8, 4) is 0 Å². The van der Waals surface area contributed by atoms with E-state index in [1.165, 1.54) is 18.4 Å². The smallest absolute Gasteiger partial charge is 0.150 e. The number of aromatic amines is 1. The Kier molecular flexibility index (Phi) is 9.42. The van der Waals surface area contributed by atoms with E-state index < -0.39 is 0 Å².